The zero-order valence-corrected chi connectivity index (χ0v) is 19.7. The van der Waals surface area contributed by atoms with Gasteiger partial charge in [-0.3, -0.25) is 4.90 Å². The molecule has 1 aliphatic rings. The van der Waals surface area contributed by atoms with Crippen molar-refractivity contribution in [3.8, 4) is 11.4 Å². The van der Waals surface area contributed by atoms with Crippen LogP contribution in [0.15, 0.2) is 42.5 Å². The van der Waals surface area contributed by atoms with Crippen LogP contribution >= 0.6 is 23.2 Å². The molecule has 2 N–H and O–H groups in total. The van der Waals surface area contributed by atoms with Gasteiger partial charge in [-0.25, -0.2) is 4.98 Å². The van der Waals surface area contributed by atoms with Crippen LogP contribution in [0.4, 0.5) is 13.2 Å². The molecule has 0 atom stereocenters. The zero-order chi connectivity index (χ0) is 23.6. The lowest BCUT2D eigenvalue weighted by Gasteiger charge is -2.32. The molecule has 0 saturated carbocycles. The minimum absolute atomic E-state index is 0.429. The maximum absolute atomic E-state index is 12.8. The number of halogens is 5. The number of imidazole rings is 1. The molecule has 0 amide bonds. The van der Waals surface area contributed by atoms with Gasteiger partial charge in [0.05, 0.1) is 21.3 Å². The molecular formula is C24H25Cl2F3N4. The zero-order valence-electron chi connectivity index (χ0n) is 18.1. The van der Waals surface area contributed by atoms with Crippen LogP contribution in [0.5, 0.6) is 0 Å². The van der Waals surface area contributed by atoms with Gasteiger partial charge in [0.1, 0.15) is 5.82 Å². The molecule has 1 saturated heterocycles. The van der Waals surface area contributed by atoms with Crippen molar-refractivity contribution in [2.45, 2.75) is 45.1 Å². The van der Waals surface area contributed by atoms with Crippen LogP contribution in [0, 0.1) is 6.92 Å². The highest BCUT2D eigenvalue weighted by molar-refractivity contribution is 6.42. The van der Waals surface area contributed by atoms with Crippen molar-refractivity contribution in [2.75, 3.05) is 13.1 Å². The Balaban J connectivity index is 1.30. The van der Waals surface area contributed by atoms with Crippen molar-refractivity contribution in [2.24, 2.45) is 0 Å². The number of piperidine rings is 1. The second-order valence-electron chi connectivity index (χ2n) is 8.41. The number of benzene rings is 2. The van der Waals surface area contributed by atoms with E-state index in [1.165, 1.54) is 12.1 Å². The second-order valence-corrected chi connectivity index (χ2v) is 9.23. The molecule has 1 aromatic heterocycles. The number of aromatic amines is 1. The molecule has 176 valence electrons. The average Bonchev–Trinajstić information content (AvgIpc) is 3.15. The topological polar surface area (TPSA) is 44.0 Å². The molecule has 9 heteroatoms. The monoisotopic (exact) mass is 496 g/mol. The fourth-order valence-electron chi connectivity index (χ4n) is 4.02. The lowest BCUT2D eigenvalue weighted by molar-refractivity contribution is -0.137. The first-order chi connectivity index (χ1) is 15.7. The fraction of sp³-hybridized carbons (Fsp3) is 0.375. The van der Waals surface area contributed by atoms with Gasteiger partial charge in [0.2, 0.25) is 0 Å². The molecule has 33 heavy (non-hydrogen) atoms. The lowest BCUT2D eigenvalue weighted by atomic mass is 10.0. The van der Waals surface area contributed by atoms with Crippen LogP contribution < -0.4 is 5.32 Å². The van der Waals surface area contributed by atoms with Crippen molar-refractivity contribution in [1.82, 2.24) is 20.2 Å². The molecule has 1 aliphatic heterocycles. The Bertz CT molecular complexity index is 1090. The minimum atomic E-state index is -4.34. The van der Waals surface area contributed by atoms with Crippen molar-refractivity contribution < 1.29 is 13.2 Å². The molecule has 3 aromatic rings. The standard InChI is InChI=1S/C24H25Cl2F3N4/c1-15-22(32-23(31-15)17-3-5-18(6-4-17)24(27,28)29)14-33-10-8-19(9-11-33)30-13-16-2-7-20(25)21(26)12-16/h2-7,12,19,30H,8-11,13-14H2,1H3,(H,31,32). The number of nitrogens with one attached hydrogen (secondary N) is 2. The van der Waals surface area contributed by atoms with Crippen LogP contribution in [-0.2, 0) is 19.3 Å². The predicted molar refractivity (Wildman–Crippen MR) is 125 cm³/mol. The number of H-pyrrole nitrogens is 1. The van der Waals surface area contributed by atoms with E-state index in [0.29, 0.717) is 34.0 Å². The van der Waals surface area contributed by atoms with Crippen LogP contribution in [0.1, 0.15) is 35.4 Å². The first-order valence-electron chi connectivity index (χ1n) is 10.8. The Morgan fingerprint density at radius 1 is 1.06 bits per heavy atom. The summed E-state index contributed by atoms with van der Waals surface area (Å²) in [5.74, 6) is 0.592. The Labute approximate surface area is 201 Å². The van der Waals surface area contributed by atoms with E-state index in [2.05, 4.69) is 20.2 Å². The van der Waals surface area contributed by atoms with Gasteiger partial charge in [-0.2, -0.15) is 13.2 Å². The van der Waals surface area contributed by atoms with E-state index in [4.69, 9.17) is 23.2 Å². The molecule has 0 spiro atoms. The van der Waals surface area contributed by atoms with E-state index in [1.54, 1.807) is 0 Å². The normalized spacial score (nSPS) is 15.8. The number of hydrogen-bond acceptors (Lipinski definition) is 3. The van der Waals surface area contributed by atoms with E-state index < -0.39 is 11.7 Å². The van der Waals surface area contributed by atoms with Crippen LogP contribution in [0.2, 0.25) is 10.0 Å². The summed E-state index contributed by atoms with van der Waals surface area (Å²) < 4.78 is 38.4. The van der Waals surface area contributed by atoms with Gasteiger partial charge in [-0.05, 0) is 49.6 Å². The van der Waals surface area contributed by atoms with Gasteiger partial charge in [0.25, 0.3) is 0 Å². The molecular weight excluding hydrogens is 472 g/mol. The van der Waals surface area contributed by atoms with E-state index in [1.807, 2.05) is 25.1 Å². The number of alkyl halides is 3. The van der Waals surface area contributed by atoms with Gasteiger partial charge in [-0.15, -0.1) is 0 Å². The number of aromatic nitrogens is 2. The molecule has 2 aromatic carbocycles. The number of likely N-dealkylation sites (tertiary alicyclic amines) is 1. The van der Waals surface area contributed by atoms with E-state index in [0.717, 1.165) is 61.6 Å². The highest BCUT2D eigenvalue weighted by atomic mass is 35.5. The van der Waals surface area contributed by atoms with Gasteiger partial charge < -0.3 is 10.3 Å². The third-order valence-corrected chi connectivity index (χ3v) is 6.75. The van der Waals surface area contributed by atoms with E-state index in [9.17, 15) is 13.2 Å². The smallest absolute Gasteiger partial charge is 0.342 e. The lowest BCUT2D eigenvalue weighted by Crippen LogP contribution is -2.42. The molecule has 0 unspecified atom stereocenters. The predicted octanol–water partition coefficient (Wildman–Crippen LogP) is 6.46. The molecule has 0 bridgehead atoms. The summed E-state index contributed by atoms with van der Waals surface area (Å²) >= 11 is 12.1. The summed E-state index contributed by atoms with van der Waals surface area (Å²) in [5.41, 5.74) is 2.94. The molecule has 1 fully saturated rings. The second kappa shape index (κ2) is 10.1. The average molecular weight is 497 g/mol. The highest BCUT2D eigenvalue weighted by Crippen LogP contribution is 2.31. The van der Waals surface area contributed by atoms with Crippen molar-refractivity contribution in [1.29, 1.82) is 0 Å². The highest BCUT2D eigenvalue weighted by Gasteiger charge is 2.30. The largest absolute Gasteiger partial charge is 0.416 e. The summed E-state index contributed by atoms with van der Waals surface area (Å²) in [7, 11) is 0. The molecule has 4 rings (SSSR count). The minimum Gasteiger partial charge on any atom is -0.342 e. The van der Waals surface area contributed by atoms with Crippen LogP contribution in [0.3, 0.4) is 0 Å². The van der Waals surface area contributed by atoms with Crippen LogP contribution in [0.25, 0.3) is 11.4 Å². The maximum atomic E-state index is 12.8. The quantitative estimate of drug-likeness (QED) is 0.411. The Hall–Kier alpha value is -2.06. The summed E-state index contributed by atoms with van der Waals surface area (Å²) in [6, 6.07) is 11.2. The van der Waals surface area contributed by atoms with Gasteiger partial charge in [0.15, 0.2) is 0 Å². The molecule has 4 nitrogen and oxygen atoms in total. The summed E-state index contributed by atoms with van der Waals surface area (Å²) in [6.45, 7) is 5.29. The number of aryl methyl sites for hydroxylation is 1. The van der Waals surface area contributed by atoms with E-state index in [-0.39, 0.29) is 0 Å². The Morgan fingerprint density at radius 3 is 2.39 bits per heavy atom. The maximum Gasteiger partial charge on any atom is 0.416 e. The van der Waals surface area contributed by atoms with Crippen molar-refractivity contribution in [3.63, 3.8) is 0 Å². The van der Waals surface area contributed by atoms with Gasteiger partial charge in [-0.1, -0.05) is 41.4 Å². The van der Waals surface area contributed by atoms with E-state index >= 15 is 0 Å². The third kappa shape index (κ3) is 6.09. The number of rotatable bonds is 6. The Kier molecular flexibility index (Phi) is 7.34. The summed E-state index contributed by atoms with van der Waals surface area (Å²) in [4.78, 5) is 10.2. The van der Waals surface area contributed by atoms with Crippen LogP contribution in [-0.4, -0.2) is 34.0 Å². The number of hydrogen-bond donors (Lipinski definition) is 2. The van der Waals surface area contributed by atoms with Crippen molar-refractivity contribution in [3.05, 3.63) is 75.0 Å². The first kappa shape index (κ1) is 24.1. The van der Waals surface area contributed by atoms with Gasteiger partial charge >= 0.3 is 6.18 Å². The fourth-order valence-corrected chi connectivity index (χ4v) is 4.34. The summed E-state index contributed by atoms with van der Waals surface area (Å²) in [5, 5.41) is 4.72. The Morgan fingerprint density at radius 2 is 1.76 bits per heavy atom. The van der Waals surface area contributed by atoms with Gasteiger partial charge in [0, 0.05) is 43.5 Å². The molecule has 2 heterocycles. The van der Waals surface area contributed by atoms with Crippen molar-refractivity contribution >= 4 is 23.2 Å². The number of nitrogens with zero attached hydrogens (tertiary/aromatic N) is 2. The SMILES string of the molecule is Cc1[nH]c(-c2ccc(C(F)(F)F)cc2)nc1CN1CCC(NCc2ccc(Cl)c(Cl)c2)CC1. The molecule has 0 radical (unpaired) electrons. The molecule has 0 aliphatic carbocycles. The third-order valence-electron chi connectivity index (χ3n) is 6.01. The summed E-state index contributed by atoms with van der Waals surface area (Å²) in [6.07, 6.45) is -2.29. The first-order valence-corrected chi connectivity index (χ1v) is 11.6.